The highest BCUT2D eigenvalue weighted by molar-refractivity contribution is 5.98. The van der Waals surface area contributed by atoms with E-state index in [2.05, 4.69) is 0 Å². The van der Waals surface area contributed by atoms with Gasteiger partial charge in [0.1, 0.15) is 30.5 Å². The first-order valence-electron chi connectivity index (χ1n) is 9.16. The highest BCUT2D eigenvalue weighted by atomic mass is 16.7. The highest BCUT2D eigenvalue weighted by Gasteiger charge is 2.43. The zero-order valence-electron chi connectivity index (χ0n) is 16.2. The first-order valence-corrected chi connectivity index (χ1v) is 9.16. The van der Waals surface area contributed by atoms with Crippen LogP contribution in [0.3, 0.4) is 0 Å². The van der Waals surface area contributed by atoms with Gasteiger partial charge in [-0.3, -0.25) is 4.79 Å². The number of benzene rings is 1. The van der Waals surface area contributed by atoms with Crippen LogP contribution in [-0.4, -0.2) is 91.6 Å². The maximum atomic E-state index is 12.1. The van der Waals surface area contributed by atoms with E-state index in [4.69, 9.17) is 14.6 Å². The molecule has 1 aromatic carbocycles. The predicted octanol–water partition coefficient (Wildman–Crippen LogP) is -1.20. The van der Waals surface area contributed by atoms with Crippen molar-refractivity contribution in [2.75, 3.05) is 13.2 Å². The maximum absolute atomic E-state index is 12.1. The van der Waals surface area contributed by atoms with Gasteiger partial charge in [0.25, 0.3) is 0 Å². The van der Waals surface area contributed by atoms with Gasteiger partial charge in [-0.15, -0.1) is 0 Å². The Morgan fingerprint density at radius 2 is 1.87 bits per heavy atom. The predicted molar refractivity (Wildman–Crippen MR) is 103 cm³/mol. The van der Waals surface area contributed by atoms with Crippen LogP contribution < -0.4 is 0 Å². The van der Waals surface area contributed by atoms with E-state index in [9.17, 15) is 35.4 Å². The molecular weight excluding hydrogens is 400 g/mol. The number of carbonyl (C=O) groups excluding carboxylic acids is 1. The Bertz CT molecular complexity index is 788. The van der Waals surface area contributed by atoms with Crippen LogP contribution in [0.1, 0.15) is 12.5 Å². The molecule has 10 heteroatoms. The summed E-state index contributed by atoms with van der Waals surface area (Å²) in [6.45, 7) is 0.714. The molecular formula is C20H26O10. The minimum Gasteiger partial charge on any atom is -0.504 e. The summed E-state index contributed by atoms with van der Waals surface area (Å²) in [6, 6.07) is 3.99. The molecule has 0 aliphatic carbocycles. The molecule has 1 aliphatic rings. The zero-order valence-corrected chi connectivity index (χ0v) is 16.2. The van der Waals surface area contributed by atoms with E-state index in [-0.39, 0.29) is 23.7 Å². The summed E-state index contributed by atoms with van der Waals surface area (Å²) in [4.78, 5) is 12.1. The minimum absolute atomic E-state index is 0.186. The van der Waals surface area contributed by atoms with Crippen molar-refractivity contribution in [2.24, 2.45) is 0 Å². The minimum atomic E-state index is -1.57. The number of rotatable bonds is 8. The molecule has 0 spiro atoms. The number of phenols is 2. The first kappa shape index (κ1) is 24.0. The van der Waals surface area contributed by atoms with Gasteiger partial charge in [-0.25, -0.2) is 0 Å². The fraction of sp³-hybridized carbons (Fsp3) is 0.450. The highest BCUT2D eigenvalue weighted by Crippen LogP contribution is 2.25. The lowest BCUT2D eigenvalue weighted by Crippen LogP contribution is -2.59. The Balaban J connectivity index is 1.91. The number of ketones is 1. The molecule has 0 saturated carbocycles. The lowest BCUT2D eigenvalue weighted by Gasteiger charge is -2.39. The topological polar surface area (TPSA) is 177 Å². The summed E-state index contributed by atoms with van der Waals surface area (Å²) in [5.74, 6) is -1.27. The third-order valence-corrected chi connectivity index (χ3v) is 4.65. The van der Waals surface area contributed by atoms with Crippen LogP contribution in [0, 0.1) is 0 Å². The standard InChI is InChI=1S/C20H26O10/c1-10(6-7-29-20-19(28)18(27)17(26)15(9-21)30-20)16(25)13(23)5-3-11-2-4-12(22)14(24)8-11/h2-6,8,15-22,24-28H,7,9H2,1H3/b5-3+,10-6?/t15-,16?,17-,18+,19-,20-/m1/s1. The molecule has 7 N–H and O–H groups in total. The van der Waals surface area contributed by atoms with Crippen molar-refractivity contribution >= 4 is 11.9 Å². The number of hydrogen-bond acceptors (Lipinski definition) is 10. The SMILES string of the molecule is CC(=CCO[C@@H]1O[C@H](CO)[C@@H](O)[C@H](O)[C@H]1O)C(O)C(=O)/C=C/c1ccc(O)c(O)c1. The lowest BCUT2D eigenvalue weighted by molar-refractivity contribution is -0.298. The summed E-state index contributed by atoms with van der Waals surface area (Å²) in [5.41, 5.74) is 0.696. The Hall–Kier alpha value is -2.31. The fourth-order valence-electron chi connectivity index (χ4n) is 2.73. The lowest BCUT2D eigenvalue weighted by atomic mass is 9.99. The van der Waals surface area contributed by atoms with Gasteiger partial charge >= 0.3 is 0 Å². The van der Waals surface area contributed by atoms with Crippen molar-refractivity contribution in [3.05, 3.63) is 41.5 Å². The number of carbonyl (C=O) groups is 1. The van der Waals surface area contributed by atoms with E-state index in [0.29, 0.717) is 5.56 Å². The number of aliphatic hydroxyl groups is 5. The average molecular weight is 426 g/mol. The Labute approximate surface area is 172 Å². The Kier molecular flexibility index (Phi) is 8.50. The van der Waals surface area contributed by atoms with E-state index in [1.165, 1.54) is 37.3 Å². The van der Waals surface area contributed by atoms with Crippen LogP contribution in [0.15, 0.2) is 35.9 Å². The number of ether oxygens (including phenoxy) is 2. The molecule has 0 radical (unpaired) electrons. The maximum Gasteiger partial charge on any atom is 0.188 e. The van der Waals surface area contributed by atoms with E-state index >= 15 is 0 Å². The van der Waals surface area contributed by atoms with E-state index in [0.717, 1.165) is 6.08 Å². The third-order valence-electron chi connectivity index (χ3n) is 4.65. The number of aliphatic hydroxyl groups excluding tert-OH is 5. The molecule has 166 valence electrons. The molecule has 30 heavy (non-hydrogen) atoms. The number of phenolic OH excluding ortho intramolecular Hbond substituents is 2. The second kappa shape index (κ2) is 10.6. The summed E-state index contributed by atoms with van der Waals surface area (Å²) >= 11 is 0. The van der Waals surface area contributed by atoms with Crippen LogP contribution in [0.2, 0.25) is 0 Å². The molecule has 6 atom stereocenters. The normalized spacial score (nSPS) is 28.6. The quantitative estimate of drug-likeness (QED) is 0.152. The third kappa shape index (κ3) is 5.86. The number of hydrogen-bond donors (Lipinski definition) is 7. The molecule has 10 nitrogen and oxygen atoms in total. The molecule has 2 rings (SSSR count). The van der Waals surface area contributed by atoms with Gasteiger partial charge in [0.05, 0.1) is 13.2 Å². The van der Waals surface area contributed by atoms with Gasteiger partial charge in [-0.1, -0.05) is 18.2 Å². The van der Waals surface area contributed by atoms with Crippen LogP contribution in [-0.2, 0) is 14.3 Å². The van der Waals surface area contributed by atoms with Crippen LogP contribution in [0.5, 0.6) is 11.5 Å². The second-order valence-electron chi connectivity index (χ2n) is 6.87. The smallest absolute Gasteiger partial charge is 0.188 e. The van der Waals surface area contributed by atoms with E-state index in [1.807, 2.05) is 0 Å². The number of aromatic hydroxyl groups is 2. The molecule has 1 aliphatic heterocycles. The van der Waals surface area contributed by atoms with E-state index in [1.54, 1.807) is 0 Å². The molecule has 0 aromatic heterocycles. The van der Waals surface area contributed by atoms with Crippen LogP contribution in [0.25, 0.3) is 6.08 Å². The molecule has 1 aromatic rings. The van der Waals surface area contributed by atoms with Gasteiger partial charge in [-0.2, -0.15) is 0 Å². The van der Waals surface area contributed by atoms with Crippen LogP contribution >= 0.6 is 0 Å². The summed E-state index contributed by atoms with van der Waals surface area (Å²) < 4.78 is 10.5. The van der Waals surface area contributed by atoms with Gasteiger partial charge in [0, 0.05) is 0 Å². The monoisotopic (exact) mass is 426 g/mol. The Morgan fingerprint density at radius 1 is 1.17 bits per heavy atom. The first-order chi connectivity index (χ1) is 14.1. The average Bonchev–Trinajstić information content (AvgIpc) is 2.73. The molecule has 1 saturated heterocycles. The van der Waals surface area contributed by atoms with Gasteiger partial charge in [0.15, 0.2) is 23.6 Å². The van der Waals surface area contributed by atoms with Gasteiger partial charge in [-0.05, 0) is 36.3 Å². The fourth-order valence-corrected chi connectivity index (χ4v) is 2.73. The van der Waals surface area contributed by atoms with Crippen molar-refractivity contribution in [1.29, 1.82) is 0 Å². The molecule has 1 heterocycles. The Morgan fingerprint density at radius 3 is 2.50 bits per heavy atom. The van der Waals surface area contributed by atoms with Crippen molar-refractivity contribution in [1.82, 2.24) is 0 Å². The zero-order chi connectivity index (χ0) is 22.4. The van der Waals surface area contributed by atoms with Crippen molar-refractivity contribution in [3.8, 4) is 11.5 Å². The molecule has 0 bridgehead atoms. The van der Waals surface area contributed by atoms with E-state index < -0.39 is 49.2 Å². The summed E-state index contributed by atoms with van der Waals surface area (Å²) in [5, 5.41) is 67.3. The van der Waals surface area contributed by atoms with Crippen molar-refractivity contribution in [2.45, 2.75) is 43.7 Å². The molecule has 1 fully saturated rings. The van der Waals surface area contributed by atoms with Crippen molar-refractivity contribution < 1.29 is 50.0 Å². The molecule has 1 unspecified atom stereocenters. The summed E-state index contributed by atoms with van der Waals surface area (Å²) in [7, 11) is 0. The second-order valence-corrected chi connectivity index (χ2v) is 6.87. The van der Waals surface area contributed by atoms with Crippen molar-refractivity contribution in [3.63, 3.8) is 0 Å². The van der Waals surface area contributed by atoms with Gasteiger partial charge in [0.2, 0.25) is 0 Å². The summed E-state index contributed by atoms with van der Waals surface area (Å²) in [6.07, 6.45) is -4.64. The molecule has 0 amide bonds. The largest absolute Gasteiger partial charge is 0.504 e. The van der Waals surface area contributed by atoms with Crippen LogP contribution in [0.4, 0.5) is 0 Å². The van der Waals surface area contributed by atoms with Gasteiger partial charge < -0.3 is 45.2 Å².